The summed E-state index contributed by atoms with van der Waals surface area (Å²) in [4.78, 5) is 11.4. The van der Waals surface area contributed by atoms with E-state index in [0.29, 0.717) is 6.61 Å². The van der Waals surface area contributed by atoms with Crippen molar-refractivity contribution in [3.05, 3.63) is 59.7 Å². The van der Waals surface area contributed by atoms with Crippen molar-refractivity contribution in [3.8, 4) is 11.1 Å². The van der Waals surface area contributed by atoms with Gasteiger partial charge in [-0.15, -0.1) is 0 Å². The molecule has 3 nitrogen and oxygen atoms in total. The molecule has 2 rings (SSSR count). The molecule has 104 valence electrons. The van der Waals surface area contributed by atoms with Gasteiger partial charge in [0, 0.05) is 0 Å². The lowest BCUT2D eigenvalue weighted by molar-refractivity contribution is -0.403. The molecule has 0 aliphatic carbocycles. The molecule has 1 atom stereocenters. The molecule has 0 fully saturated rings. The van der Waals surface area contributed by atoms with Crippen LogP contribution in [0.1, 0.15) is 18.1 Å². The molecule has 0 aliphatic heterocycles. The van der Waals surface area contributed by atoms with Crippen molar-refractivity contribution >= 4 is 5.97 Å². The van der Waals surface area contributed by atoms with E-state index in [2.05, 4.69) is 36.9 Å². The Labute approximate surface area is 119 Å². The molecule has 0 bridgehead atoms. The van der Waals surface area contributed by atoms with Crippen molar-refractivity contribution in [3.63, 3.8) is 0 Å². The number of ether oxygens (including phenoxy) is 1. The van der Waals surface area contributed by atoms with Crippen LogP contribution in [-0.2, 0) is 16.1 Å². The predicted molar refractivity (Wildman–Crippen MR) is 78.8 cm³/mol. The van der Waals surface area contributed by atoms with E-state index in [9.17, 15) is 4.79 Å². The minimum Gasteiger partial charge on any atom is -0.456 e. The first kappa shape index (κ1) is 14.3. The summed E-state index contributed by atoms with van der Waals surface area (Å²) in [7, 11) is 0. The topological polar surface area (TPSA) is 53.9 Å². The van der Waals surface area contributed by atoms with E-state index in [1.165, 1.54) is 16.7 Å². The molecule has 0 heterocycles. The zero-order valence-electron chi connectivity index (χ0n) is 11.9. The van der Waals surface area contributed by atoms with Crippen LogP contribution >= 0.6 is 0 Å². The van der Waals surface area contributed by atoms with Crippen LogP contribution in [0.5, 0.6) is 0 Å². The van der Waals surface area contributed by atoms with Gasteiger partial charge in [-0.3, -0.25) is 0 Å². The second-order valence-corrected chi connectivity index (χ2v) is 5.02. The fraction of sp³-hybridized carbons (Fsp3) is 0.235. The third-order valence-electron chi connectivity index (χ3n) is 3.19. The fourth-order valence-corrected chi connectivity index (χ4v) is 1.97. The molecule has 0 saturated carbocycles. The molecule has 3 heteroatoms. The Morgan fingerprint density at radius 2 is 1.80 bits per heavy atom. The molecule has 0 aliphatic rings. The van der Waals surface area contributed by atoms with Crippen molar-refractivity contribution in [2.24, 2.45) is 0 Å². The van der Waals surface area contributed by atoms with Crippen molar-refractivity contribution in [2.75, 3.05) is 0 Å². The average Bonchev–Trinajstić information content (AvgIpc) is 2.46. The van der Waals surface area contributed by atoms with Crippen LogP contribution in [0.4, 0.5) is 0 Å². The van der Waals surface area contributed by atoms with E-state index in [4.69, 9.17) is 4.74 Å². The first-order chi connectivity index (χ1) is 9.58. The maximum Gasteiger partial charge on any atom is 0.364 e. The minimum absolute atomic E-state index is 0.270. The molecule has 2 aromatic carbocycles. The zero-order chi connectivity index (χ0) is 14.5. The lowest BCUT2D eigenvalue weighted by Crippen LogP contribution is -2.63. The molecule has 0 saturated heterocycles. The lowest BCUT2D eigenvalue weighted by Gasteiger charge is -2.08. The molecular formula is C17H20NO2+. The first-order valence-corrected chi connectivity index (χ1v) is 6.72. The van der Waals surface area contributed by atoms with E-state index in [0.717, 1.165) is 5.56 Å². The highest BCUT2D eigenvalue weighted by Gasteiger charge is 2.12. The Hall–Kier alpha value is -2.13. The Morgan fingerprint density at radius 3 is 2.40 bits per heavy atom. The number of esters is 1. The van der Waals surface area contributed by atoms with Crippen LogP contribution in [-0.4, -0.2) is 12.0 Å². The monoisotopic (exact) mass is 270 g/mol. The maximum atomic E-state index is 11.4. The van der Waals surface area contributed by atoms with Gasteiger partial charge in [0.1, 0.15) is 6.61 Å². The quantitative estimate of drug-likeness (QED) is 0.867. The molecule has 3 N–H and O–H groups in total. The molecule has 0 spiro atoms. The molecule has 20 heavy (non-hydrogen) atoms. The maximum absolute atomic E-state index is 11.4. The predicted octanol–water partition coefficient (Wildman–Crippen LogP) is 2.34. The summed E-state index contributed by atoms with van der Waals surface area (Å²) in [5.74, 6) is -0.270. The minimum atomic E-state index is -0.332. The molecule has 0 aromatic heterocycles. The van der Waals surface area contributed by atoms with E-state index in [-0.39, 0.29) is 12.0 Å². The number of carbonyl (C=O) groups excluding carboxylic acids is 1. The Kier molecular flexibility index (Phi) is 4.53. The third-order valence-corrected chi connectivity index (χ3v) is 3.19. The molecule has 1 unspecified atom stereocenters. The number of benzene rings is 2. The van der Waals surface area contributed by atoms with Gasteiger partial charge in [-0.25, -0.2) is 4.79 Å². The Balaban J connectivity index is 2.07. The van der Waals surface area contributed by atoms with Crippen molar-refractivity contribution in [2.45, 2.75) is 26.5 Å². The van der Waals surface area contributed by atoms with Gasteiger partial charge in [0.05, 0.1) is 0 Å². The highest BCUT2D eigenvalue weighted by Crippen LogP contribution is 2.23. The number of hydrogen-bond acceptors (Lipinski definition) is 2. The summed E-state index contributed by atoms with van der Waals surface area (Å²) >= 11 is 0. The van der Waals surface area contributed by atoms with Gasteiger partial charge >= 0.3 is 5.97 Å². The van der Waals surface area contributed by atoms with E-state index >= 15 is 0 Å². The van der Waals surface area contributed by atoms with Gasteiger partial charge in [0.2, 0.25) is 0 Å². The summed E-state index contributed by atoms with van der Waals surface area (Å²) in [6, 6.07) is 16.0. The van der Waals surface area contributed by atoms with Crippen LogP contribution in [0.15, 0.2) is 48.5 Å². The summed E-state index contributed by atoms with van der Waals surface area (Å²) < 4.78 is 5.16. The number of hydrogen-bond donors (Lipinski definition) is 1. The normalized spacial score (nSPS) is 11.9. The summed E-state index contributed by atoms with van der Waals surface area (Å²) in [6.07, 6.45) is 0. The molecular weight excluding hydrogens is 250 g/mol. The summed E-state index contributed by atoms with van der Waals surface area (Å²) in [6.45, 7) is 4.12. The number of quaternary nitrogens is 1. The standard InChI is InChI=1S/C17H19NO2/c1-12-5-3-4-6-16(12)15-9-7-14(8-10-15)11-20-17(19)13(2)18/h3-10,13H,11,18H2,1-2H3/p+1. The van der Waals surface area contributed by atoms with Gasteiger partial charge < -0.3 is 10.5 Å². The van der Waals surface area contributed by atoms with Gasteiger partial charge in [0.15, 0.2) is 6.04 Å². The molecule has 0 radical (unpaired) electrons. The SMILES string of the molecule is Cc1ccccc1-c1ccc(COC(=O)C(C)[NH3+])cc1. The zero-order valence-corrected chi connectivity index (χ0v) is 11.9. The summed E-state index contributed by atoms with van der Waals surface area (Å²) in [5.41, 5.74) is 8.26. The Bertz CT molecular complexity index is 588. The number of aryl methyl sites for hydroxylation is 1. The second-order valence-electron chi connectivity index (χ2n) is 5.02. The van der Waals surface area contributed by atoms with Crippen LogP contribution in [0, 0.1) is 6.92 Å². The smallest absolute Gasteiger partial charge is 0.364 e. The van der Waals surface area contributed by atoms with E-state index in [1.807, 2.05) is 24.3 Å². The third kappa shape index (κ3) is 3.45. The van der Waals surface area contributed by atoms with E-state index in [1.54, 1.807) is 6.92 Å². The second kappa shape index (κ2) is 6.35. The highest BCUT2D eigenvalue weighted by atomic mass is 16.5. The van der Waals surface area contributed by atoms with Crippen LogP contribution < -0.4 is 5.73 Å². The van der Waals surface area contributed by atoms with Crippen LogP contribution in [0.2, 0.25) is 0 Å². The van der Waals surface area contributed by atoms with Gasteiger partial charge in [-0.05, 0) is 36.1 Å². The van der Waals surface area contributed by atoms with Crippen LogP contribution in [0.3, 0.4) is 0 Å². The molecule has 0 amide bonds. The largest absolute Gasteiger partial charge is 0.456 e. The summed E-state index contributed by atoms with van der Waals surface area (Å²) in [5, 5.41) is 0. The van der Waals surface area contributed by atoms with Crippen molar-refractivity contribution in [1.82, 2.24) is 0 Å². The Morgan fingerprint density at radius 1 is 1.15 bits per heavy atom. The molecule has 2 aromatic rings. The van der Waals surface area contributed by atoms with Gasteiger partial charge in [-0.1, -0.05) is 48.5 Å². The lowest BCUT2D eigenvalue weighted by atomic mass is 10.00. The van der Waals surface area contributed by atoms with E-state index < -0.39 is 0 Å². The highest BCUT2D eigenvalue weighted by molar-refractivity contribution is 5.73. The van der Waals surface area contributed by atoms with Gasteiger partial charge in [0.25, 0.3) is 0 Å². The fourth-order valence-electron chi connectivity index (χ4n) is 1.97. The average molecular weight is 270 g/mol. The van der Waals surface area contributed by atoms with Gasteiger partial charge in [-0.2, -0.15) is 0 Å². The first-order valence-electron chi connectivity index (χ1n) is 6.72. The number of rotatable bonds is 4. The number of carbonyl (C=O) groups is 1. The van der Waals surface area contributed by atoms with Crippen molar-refractivity contribution < 1.29 is 15.3 Å². The van der Waals surface area contributed by atoms with Crippen molar-refractivity contribution in [1.29, 1.82) is 0 Å². The van der Waals surface area contributed by atoms with Crippen LogP contribution in [0.25, 0.3) is 11.1 Å².